The number of ether oxygens (including phenoxy) is 1. The fourth-order valence-corrected chi connectivity index (χ4v) is 1.80. The molecule has 88 valence electrons. The second-order valence-corrected chi connectivity index (χ2v) is 5.31. The van der Waals surface area contributed by atoms with E-state index in [2.05, 4.69) is 0 Å². The summed E-state index contributed by atoms with van der Waals surface area (Å²) in [5.74, 6) is 0. The van der Waals surface area contributed by atoms with Gasteiger partial charge in [0.15, 0.2) is 0 Å². The Hall–Kier alpha value is -0.770. The fraction of sp³-hybridized carbons (Fsp3) is 0.909. The van der Waals surface area contributed by atoms with Crippen molar-refractivity contribution >= 4 is 6.09 Å². The van der Waals surface area contributed by atoms with Crippen molar-refractivity contribution < 1.29 is 9.53 Å². The zero-order chi connectivity index (χ0) is 11.6. The average molecular weight is 214 g/mol. The zero-order valence-corrected chi connectivity index (χ0v) is 10.1. The lowest BCUT2D eigenvalue weighted by atomic mass is 10.00. The summed E-state index contributed by atoms with van der Waals surface area (Å²) in [6.45, 7) is 8.36. The number of hydrogen-bond acceptors (Lipinski definition) is 3. The Kier molecular flexibility index (Phi) is 3.60. The number of nitrogens with zero attached hydrogens (tertiary/aromatic N) is 1. The highest BCUT2D eigenvalue weighted by Crippen LogP contribution is 2.19. The van der Waals surface area contributed by atoms with Crippen LogP contribution in [-0.4, -0.2) is 35.2 Å². The number of nitrogens with two attached hydrogens (primary N) is 1. The van der Waals surface area contributed by atoms with E-state index in [0.29, 0.717) is 6.54 Å². The first kappa shape index (κ1) is 12.3. The quantitative estimate of drug-likeness (QED) is 0.668. The van der Waals surface area contributed by atoms with Crippen molar-refractivity contribution in [2.75, 3.05) is 6.54 Å². The van der Waals surface area contributed by atoms with Crippen molar-refractivity contribution in [1.82, 2.24) is 4.90 Å². The van der Waals surface area contributed by atoms with Gasteiger partial charge in [-0.25, -0.2) is 4.79 Å². The molecule has 0 spiro atoms. The van der Waals surface area contributed by atoms with Gasteiger partial charge in [-0.1, -0.05) is 0 Å². The molecule has 0 aromatic carbocycles. The zero-order valence-electron chi connectivity index (χ0n) is 10.1. The first-order chi connectivity index (χ1) is 6.79. The fourth-order valence-electron chi connectivity index (χ4n) is 1.80. The SMILES string of the molecule is C[C@H]1CC(N)CCN1C(=O)OC(C)(C)C. The molecule has 1 fully saturated rings. The smallest absolute Gasteiger partial charge is 0.410 e. The van der Waals surface area contributed by atoms with Crippen LogP contribution in [0, 0.1) is 0 Å². The molecule has 4 nitrogen and oxygen atoms in total. The van der Waals surface area contributed by atoms with Gasteiger partial charge in [0.05, 0.1) is 0 Å². The Bertz CT molecular complexity index is 235. The van der Waals surface area contributed by atoms with Crippen LogP contribution in [-0.2, 0) is 4.74 Å². The third-order valence-corrected chi connectivity index (χ3v) is 2.54. The van der Waals surface area contributed by atoms with E-state index >= 15 is 0 Å². The highest BCUT2D eigenvalue weighted by atomic mass is 16.6. The van der Waals surface area contributed by atoms with Gasteiger partial charge in [0, 0.05) is 18.6 Å². The largest absolute Gasteiger partial charge is 0.444 e. The van der Waals surface area contributed by atoms with Crippen LogP contribution >= 0.6 is 0 Å². The maximum atomic E-state index is 11.8. The van der Waals surface area contributed by atoms with Crippen LogP contribution in [0.25, 0.3) is 0 Å². The molecule has 1 aliphatic rings. The summed E-state index contributed by atoms with van der Waals surface area (Å²) in [5, 5.41) is 0. The third kappa shape index (κ3) is 3.70. The van der Waals surface area contributed by atoms with Crippen LogP contribution in [0.15, 0.2) is 0 Å². The van der Waals surface area contributed by atoms with E-state index in [4.69, 9.17) is 10.5 Å². The van der Waals surface area contributed by atoms with Gasteiger partial charge in [-0.3, -0.25) is 0 Å². The third-order valence-electron chi connectivity index (χ3n) is 2.54. The number of carbonyl (C=O) groups excluding carboxylic acids is 1. The molecular weight excluding hydrogens is 192 g/mol. The molecule has 0 bridgehead atoms. The highest BCUT2D eigenvalue weighted by Gasteiger charge is 2.30. The highest BCUT2D eigenvalue weighted by molar-refractivity contribution is 5.68. The molecule has 0 aliphatic carbocycles. The molecule has 1 aliphatic heterocycles. The van der Waals surface area contributed by atoms with Gasteiger partial charge < -0.3 is 15.4 Å². The monoisotopic (exact) mass is 214 g/mol. The minimum absolute atomic E-state index is 0.184. The van der Waals surface area contributed by atoms with Crippen molar-refractivity contribution in [3.63, 3.8) is 0 Å². The molecule has 1 heterocycles. The normalized spacial score (nSPS) is 27.7. The molecule has 1 saturated heterocycles. The maximum Gasteiger partial charge on any atom is 0.410 e. The predicted octanol–water partition coefficient (Wildman–Crippen LogP) is 1.73. The molecule has 1 rings (SSSR count). The van der Waals surface area contributed by atoms with Crippen molar-refractivity contribution in [3.8, 4) is 0 Å². The average Bonchev–Trinajstić information content (AvgIpc) is 1.99. The molecule has 1 amide bonds. The summed E-state index contributed by atoms with van der Waals surface area (Å²) in [5.41, 5.74) is 5.42. The Balaban J connectivity index is 2.53. The lowest BCUT2D eigenvalue weighted by Gasteiger charge is -2.37. The van der Waals surface area contributed by atoms with E-state index in [9.17, 15) is 4.79 Å². The number of amides is 1. The van der Waals surface area contributed by atoms with E-state index in [1.807, 2.05) is 27.7 Å². The topological polar surface area (TPSA) is 55.6 Å². The number of hydrogen-bond donors (Lipinski definition) is 1. The molecule has 0 aromatic heterocycles. The lowest BCUT2D eigenvalue weighted by Crippen LogP contribution is -2.49. The van der Waals surface area contributed by atoms with E-state index < -0.39 is 5.60 Å². The summed E-state index contributed by atoms with van der Waals surface area (Å²) in [4.78, 5) is 13.6. The van der Waals surface area contributed by atoms with Gasteiger partial charge in [-0.2, -0.15) is 0 Å². The van der Waals surface area contributed by atoms with Gasteiger partial charge in [0.1, 0.15) is 5.60 Å². The summed E-state index contributed by atoms with van der Waals surface area (Å²) in [6.07, 6.45) is 1.50. The molecule has 4 heteroatoms. The van der Waals surface area contributed by atoms with Crippen LogP contribution in [0.1, 0.15) is 40.5 Å². The first-order valence-electron chi connectivity index (χ1n) is 5.55. The summed E-state index contributed by atoms with van der Waals surface area (Å²) in [7, 11) is 0. The lowest BCUT2D eigenvalue weighted by molar-refractivity contribution is 0.0107. The van der Waals surface area contributed by atoms with Crippen LogP contribution in [0.2, 0.25) is 0 Å². The van der Waals surface area contributed by atoms with Crippen LogP contribution in [0.4, 0.5) is 4.79 Å². The van der Waals surface area contributed by atoms with Gasteiger partial charge in [0.2, 0.25) is 0 Å². The van der Waals surface area contributed by atoms with Crippen LogP contribution in [0.3, 0.4) is 0 Å². The number of likely N-dealkylation sites (tertiary alicyclic amines) is 1. The minimum atomic E-state index is -0.420. The Labute approximate surface area is 91.8 Å². The van der Waals surface area contributed by atoms with Gasteiger partial charge in [-0.15, -0.1) is 0 Å². The molecule has 0 radical (unpaired) electrons. The van der Waals surface area contributed by atoms with E-state index in [1.54, 1.807) is 4.90 Å². The second kappa shape index (κ2) is 4.39. The number of carbonyl (C=O) groups is 1. The van der Waals surface area contributed by atoms with Crippen LogP contribution < -0.4 is 5.73 Å². The van der Waals surface area contributed by atoms with E-state index in [1.165, 1.54) is 0 Å². The summed E-state index contributed by atoms with van der Waals surface area (Å²) in [6, 6.07) is 0.405. The van der Waals surface area contributed by atoms with Crippen molar-refractivity contribution in [3.05, 3.63) is 0 Å². The number of rotatable bonds is 0. The summed E-state index contributed by atoms with van der Waals surface area (Å²) < 4.78 is 5.33. The van der Waals surface area contributed by atoms with Crippen molar-refractivity contribution in [2.24, 2.45) is 5.73 Å². The van der Waals surface area contributed by atoms with Gasteiger partial charge in [-0.05, 0) is 40.5 Å². The molecule has 2 N–H and O–H groups in total. The standard InChI is InChI=1S/C11H22N2O2/c1-8-7-9(12)5-6-13(8)10(14)15-11(2,3)4/h8-9H,5-7,12H2,1-4H3/t8-,9?/m0/s1. The van der Waals surface area contributed by atoms with Crippen LogP contribution in [0.5, 0.6) is 0 Å². The Morgan fingerprint density at radius 3 is 2.53 bits per heavy atom. The number of piperidine rings is 1. The molecule has 0 aromatic rings. The molecular formula is C11H22N2O2. The van der Waals surface area contributed by atoms with E-state index in [-0.39, 0.29) is 18.2 Å². The molecule has 1 unspecified atom stereocenters. The Morgan fingerprint density at radius 2 is 2.07 bits per heavy atom. The second-order valence-electron chi connectivity index (χ2n) is 5.31. The van der Waals surface area contributed by atoms with Crippen molar-refractivity contribution in [1.29, 1.82) is 0 Å². The van der Waals surface area contributed by atoms with Gasteiger partial charge in [0.25, 0.3) is 0 Å². The maximum absolute atomic E-state index is 11.8. The molecule has 15 heavy (non-hydrogen) atoms. The minimum Gasteiger partial charge on any atom is -0.444 e. The van der Waals surface area contributed by atoms with E-state index in [0.717, 1.165) is 12.8 Å². The molecule has 0 saturated carbocycles. The van der Waals surface area contributed by atoms with Crippen molar-refractivity contribution in [2.45, 2.75) is 58.2 Å². The first-order valence-corrected chi connectivity index (χ1v) is 5.55. The summed E-state index contributed by atoms with van der Waals surface area (Å²) >= 11 is 0. The molecule has 2 atom stereocenters. The Morgan fingerprint density at radius 1 is 1.47 bits per heavy atom. The van der Waals surface area contributed by atoms with Gasteiger partial charge >= 0.3 is 6.09 Å². The predicted molar refractivity (Wildman–Crippen MR) is 59.6 cm³/mol.